The molecule has 0 saturated carbocycles. The molecule has 0 spiro atoms. The average molecular weight is 468 g/mol. The summed E-state index contributed by atoms with van der Waals surface area (Å²) in [6.07, 6.45) is 0.783. The van der Waals surface area contributed by atoms with Crippen LogP contribution in [0.5, 0.6) is 11.5 Å². The molecule has 1 aromatic carbocycles. The molecule has 2 amide bonds. The molecule has 3 aromatic heterocycles. The van der Waals surface area contributed by atoms with Gasteiger partial charge in [0.25, 0.3) is 18.2 Å². The maximum atomic E-state index is 13.2. The van der Waals surface area contributed by atoms with Crippen LogP contribution in [0.3, 0.4) is 0 Å². The SMILES string of the molecule is CNC(=O)c1c(C)oc2cc(Oc3ccnn4cc(C(=O)N5CC[C@H]5C(F)F)c(C)c34)ccc12. The summed E-state index contributed by atoms with van der Waals surface area (Å²) in [5.74, 6) is 0.718. The smallest absolute Gasteiger partial charge is 0.258 e. The van der Waals surface area contributed by atoms with Gasteiger partial charge >= 0.3 is 0 Å². The average Bonchev–Trinajstić information content (AvgIpc) is 3.28. The first-order valence-corrected chi connectivity index (χ1v) is 10.8. The number of alkyl halides is 2. The summed E-state index contributed by atoms with van der Waals surface area (Å²) in [4.78, 5) is 26.3. The molecule has 176 valence electrons. The van der Waals surface area contributed by atoms with Crippen LogP contribution in [0.4, 0.5) is 8.78 Å². The first-order valence-electron chi connectivity index (χ1n) is 10.8. The molecule has 10 heteroatoms. The predicted octanol–water partition coefficient (Wildman–Crippen LogP) is 4.33. The second-order valence-corrected chi connectivity index (χ2v) is 8.22. The Hall–Kier alpha value is -3.95. The van der Waals surface area contributed by atoms with E-state index in [1.54, 1.807) is 45.2 Å². The standard InChI is InChI=1S/C24H22F2N4O4/c1-12-16(24(32)29-9-7-17(29)22(25)26)11-30-21(12)18(6-8-28-30)34-14-4-5-15-19(10-14)33-13(2)20(15)23(31)27-3/h4-6,8,10-11,17,22H,7,9H2,1-3H3,(H,27,31)/t17-/m0/s1. The van der Waals surface area contributed by atoms with Crippen LogP contribution in [0.2, 0.25) is 0 Å². The van der Waals surface area contributed by atoms with Crippen LogP contribution in [0.1, 0.15) is 38.5 Å². The van der Waals surface area contributed by atoms with Crippen LogP contribution < -0.4 is 10.1 Å². The Morgan fingerprint density at radius 1 is 1.26 bits per heavy atom. The number of ether oxygens (including phenoxy) is 1. The zero-order valence-corrected chi connectivity index (χ0v) is 18.8. The van der Waals surface area contributed by atoms with Crippen LogP contribution in [0, 0.1) is 13.8 Å². The highest BCUT2D eigenvalue weighted by Gasteiger charge is 2.39. The number of nitrogens with one attached hydrogen (secondary N) is 1. The van der Waals surface area contributed by atoms with Crippen LogP contribution in [-0.4, -0.2) is 52.4 Å². The minimum atomic E-state index is -2.57. The Morgan fingerprint density at radius 3 is 2.74 bits per heavy atom. The molecule has 0 unspecified atom stereocenters. The van der Waals surface area contributed by atoms with Crippen molar-refractivity contribution in [2.45, 2.75) is 32.7 Å². The molecule has 4 aromatic rings. The molecule has 8 nitrogen and oxygen atoms in total. The van der Waals surface area contributed by atoms with Gasteiger partial charge in [-0.25, -0.2) is 13.3 Å². The molecule has 5 rings (SSSR count). The van der Waals surface area contributed by atoms with Gasteiger partial charge in [0.2, 0.25) is 0 Å². The maximum Gasteiger partial charge on any atom is 0.258 e. The summed E-state index contributed by atoms with van der Waals surface area (Å²) in [6, 6.07) is 5.76. The van der Waals surface area contributed by atoms with Crippen molar-refractivity contribution < 1.29 is 27.5 Å². The third kappa shape index (κ3) is 3.37. The van der Waals surface area contributed by atoms with Gasteiger partial charge in [0.05, 0.1) is 23.4 Å². The number of carbonyl (C=O) groups is 2. The van der Waals surface area contributed by atoms with Gasteiger partial charge in [-0.2, -0.15) is 5.10 Å². The number of rotatable bonds is 5. The molecule has 4 heterocycles. The lowest BCUT2D eigenvalue weighted by Crippen LogP contribution is -2.54. The van der Waals surface area contributed by atoms with Crippen LogP contribution >= 0.6 is 0 Å². The second-order valence-electron chi connectivity index (χ2n) is 8.22. The lowest BCUT2D eigenvalue weighted by molar-refractivity contribution is -0.0219. The molecule has 1 saturated heterocycles. The number of aromatic nitrogens is 2. The number of furan rings is 1. The number of halogens is 2. The second kappa shape index (κ2) is 8.12. The zero-order chi connectivity index (χ0) is 24.1. The van der Waals surface area contributed by atoms with E-state index in [9.17, 15) is 18.4 Å². The molecule has 1 aliphatic rings. The van der Waals surface area contributed by atoms with Crippen molar-refractivity contribution in [3.05, 3.63) is 59.1 Å². The van der Waals surface area contributed by atoms with Crippen molar-refractivity contribution in [1.82, 2.24) is 19.8 Å². The Bertz CT molecular complexity index is 1440. The van der Waals surface area contributed by atoms with Gasteiger partial charge in [-0.1, -0.05) is 0 Å². The number of amides is 2. The van der Waals surface area contributed by atoms with Crippen molar-refractivity contribution in [3.8, 4) is 11.5 Å². The van der Waals surface area contributed by atoms with E-state index in [0.717, 1.165) is 0 Å². The van der Waals surface area contributed by atoms with E-state index in [1.807, 2.05) is 0 Å². The highest BCUT2D eigenvalue weighted by atomic mass is 19.3. The number of hydrogen-bond donors (Lipinski definition) is 1. The fourth-order valence-corrected chi connectivity index (χ4v) is 4.39. The third-order valence-corrected chi connectivity index (χ3v) is 6.26. The normalized spacial score (nSPS) is 15.7. The van der Waals surface area contributed by atoms with Gasteiger partial charge in [-0.05, 0) is 38.0 Å². The summed E-state index contributed by atoms with van der Waals surface area (Å²) in [6.45, 7) is 3.76. The molecule has 1 aliphatic heterocycles. The molecule has 1 N–H and O–H groups in total. The van der Waals surface area contributed by atoms with Crippen molar-refractivity contribution in [2.75, 3.05) is 13.6 Å². The highest BCUT2D eigenvalue weighted by molar-refractivity contribution is 6.07. The summed E-state index contributed by atoms with van der Waals surface area (Å²) in [5.41, 5.74) is 2.42. The third-order valence-electron chi connectivity index (χ3n) is 6.26. The molecule has 0 radical (unpaired) electrons. The molecular formula is C24H22F2N4O4. The van der Waals surface area contributed by atoms with E-state index in [1.165, 1.54) is 21.8 Å². The topological polar surface area (TPSA) is 89.1 Å². The highest BCUT2D eigenvalue weighted by Crippen LogP contribution is 2.35. The minimum Gasteiger partial charge on any atom is -0.460 e. The first kappa shape index (κ1) is 21.9. The van der Waals surface area contributed by atoms with Gasteiger partial charge in [0.15, 0.2) is 5.75 Å². The largest absolute Gasteiger partial charge is 0.460 e. The fraction of sp³-hybridized carbons (Fsp3) is 0.292. The first-order chi connectivity index (χ1) is 16.3. The predicted molar refractivity (Wildman–Crippen MR) is 120 cm³/mol. The summed E-state index contributed by atoms with van der Waals surface area (Å²) in [5, 5.41) is 7.52. The number of carbonyl (C=O) groups excluding carboxylic acids is 2. The summed E-state index contributed by atoms with van der Waals surface area (Å²) < 4.78 is 39.7. The number of benzene rings is 1. The fourth-order valence-electron chi connectivity index (χ4n) is 4.39. The Labute approximate surface area is 193 Å². The summed E-state index contributed by atoms with van der Waals surface area (Å²) in [7, 11) is 1.56. The van der Waals surface area contributed by atoms with Gasteiger partial charge in [0.1, 0.15) is 22.6 Å². The van der Waals surface area contributed by atoms with E-state index in [4.69, 9.17) is 9.15 Å². The van der Waals surface area contributed by atoms with Crippen LogP contribution in [0.25, 0.3) is 16.5 Å². The monoisotopic (exact) mass is 468 g/mol. The number of hydrogen-bond acceptors (Lipinski definition) is 5. The van der Waals surface area contributed by atoms with E-state index in [2.05, 4.69) is 10.4 Å². The number of nitrogens with zero attached hydrogens (tertiary/aromatic N) is 3. The van der Waals surface area contributed by atoms with Gasteiger partial charge < -0.3 is 19.4 Å². The van der Waals surface area contributed by atoms with Gasteiger partial charge in [-0.15, -0.1) is 0 Å². The lowest BCUT2D eigenvalue weighted by atomic mass is 10.0. The maximum absolute atomic E-state index is 13.2. The Balaban J connectivity index is 1.50. The van der Waals surface area contributed by atoms with E-state index >= 15 is 0 Å². The number of likely N-dealkylation sites (tertiary alicyclic amines) is 1. The van der Waals surface area contributed by atoms with Crippen molar-refractivity contribution in [3.63, 3.8) is 0 Å². The van der Waals surface area contributed by atoms with Gasteiger partial charge in [-0.3, -0.25) is 9.59 Å². The van der Waals surface area contributed by atoms with E-state index in [0.29, 0.717) is 63.4 Å². The van der Waals surface area contributed by atoms with Crippen molar-refractivity contribution in [2.24, 2.45) is 0 Å². The van der Waals surface area contributed by atoms with Crippen molar-refractivity contribution >= 4 is 28.3 Å². The molecule has 0 aliphatic carbocycles. The molecule has 34 heavy (non-hydrogen) atoms. The quantitative estimate of drug-likeness (QED) is 0.471. The minimum absolute atomic E-state index is 0.238. The summed E-state index contributed by atoms with van der Waals surface area (Å²) >= 11 is 0. The Morgan fingerprint density at radius 2 is 2.06 bits per heavy atom. The molecule has 1 fully saturated rings. The zero-order valence-electron chi connectivity index (χ0n) is 18.8. The molecule has 0 bridgehead atoms. The lowest BCUT2D eigenvalue weighted by Gasteiger charge is -2.40. The number of aryl methyl sites for hydroxylation is 2. The van der Waals surface area contributed by atoms with Crippen molar-refractivity contribution in [1.29, 1.82) is 0 Å². The van der Waals surface area contributed by atoms with Gasteiger partial charge in [0, 0.05) is 37.3 Å². The van der Waals surface area contributed by atoms with Crippen LogP contribution in [0.15, 0.2) is 41.1 Å². The van der Waals surface area contributed by atoms with E-state index in [-0.39, 0.29) is 5.91 Å². The van der Waals surface area contributed by atoms with Crippen LogP contribution in [-0.2, 0) is 0 Å². The molecular weight excluding hydrogens is 446 g/mol. The number of fused-ring (bicyclic) bond motifs is 2. The Kier molecular flexibility index (Phi) is 5.22. The molecule has 1 atom stereocenters. The van der Waals surface area contributed by atoms with E-state index < -0.39 is 18.4 Å².